The average molecular weight is 308 g/mol. The van der Waals surface area contributed by atoms with Crippen molar-refractivity contribution in [3.63, 3.8) is 0 Å². The van der Waals surface area contributed by atoms with Gasteiger partial charge in [0.1, 0.15) is 12.6 Å². The Labute approximate surface area is 124 Å². The summed E-state index contributed by atoms with van der Waals surface area (Å²) >= 11 is 0. The largest absolute Gasteiger partial charge is 0.465 e. The molecule has 21 heavy (non-hydrogen) atoms. The van der Waals surface area contributed by atoms with E-state index in [1.54, 1.807) is 6.07 Å². The molecule has 3 aliphatic rings. The summed E-state index contributed by atoms with van der Waals surface area (Å²) in [5.41, 5.74) is 2.80. The molecule has 4 atom stereocenters. The number of sulfonamides is 1. The Morgan fingerprint density at radius 3 is 2.62 bits per heavy atom. The maximum atomic E-state index is 12.4. The molecule has 0 aromatic heterocycles. The van der Waals surface area contributed by atoms with Gasteiger partial charge in [0, 0.05) is 12.8 Å². The van der Waals surface area contributed by atoms with Gasteiger partial charge in [0.05, 0.1) is 12.7 Å². The number of quaternary nitrogens is 1. The number of fused-ring (bicyclic) bond motifs is 2. The summed E-state index contributed by atoms with van der Waals surface area (Å²) in [6.45, 7) is 2.59. The Bertz CT molecular complexity index is 757. The molecule has 0 radical (unpaired) electrons. The number of esters is 1. The van der Waals surface area contributed by atoms with E-state index in [1.165, 1.54) is 12.7 Å². The van der Waals surface area contributed by atoms with Crippen molar-refractivity contribution in [2.75, 3.05) is 13.7 Å². The van der Waals surface area contributed by atoms with E-state index in [1.807, 2.05) is 19.1 Å². The predicted molar refractivity (Wildman–Crippen MR) is 76.3 cm³/mol. The summed E-state index contributed by atoms with van der Waals surface area (Å²) in [6.07, 6.45) is 1.53. The Balaban J connectivity index is 1.63. The van der Waals surface area contributed by atoms with Crippen LogP contribution in [0.1, 0.15) is 28.4 Å². The summed E-state index contributed by atoms with van der Waals surface area (Å²) in [4.78, 5) is 11.6. The molecule has 0 amide bonds. The van der Waals surface area contributed by atoms with E-state index in [0.29, 0.717) is 11.6 Å². The molecule has 0 N–H and O–H groups in total. The standard InChI is InChI=1S/C15H18NO4S/c1-9-14-8-16(14,21(9,18)19)13-6-10-3-4-11(15(17)20-2)5-12(10)7-13/h3-5,9,13-14H,6-8H2,1-2H3/q+1. The SMILES string of the molecule is COC(=O)c1ccc2c(c1)CC([N+]13CC1C(C)S3(=O)=O)C2. The van der Waals surface area contributed by atoms with Crippen LogP contribution in [0.25, 0.3) is 0 Å². The summed E-state index contributed by atoms with van der Waals surface area (Å²) in [5, 5.41) is -0.188. The van der Waals surface area contributed by atoms with Gasteiger partial charge < -0.3 is 4.74 Å². The van der Waals surface area contributed by atoms with Crippen LogP contribution in [-0.2, 0) is 27.6 Å². The second-order valence-corrected chi connectivity index (χ2v) is 8.81. The Kier molecular flexibility index (Phi) is 2.44. The number of carbonyl (C=O) groups excluding carboxylic acids is 1. The number of rotatable bonds is 2. The van der Waals surface area contributed by atoms with Crippen LogP contribution in [0.5, 0.6) is 0 Å². The van der Waals surface area contributed by atoms with Crippen molar-refractivity contribution >= 4 is 16.0 Å². The predicted octanol–water partition coefficient (Wildman–Crippen LogP) is 0.871. The highest BCUT2D eigenvalue weighted by Gasteiger charge is 2.83. The molecule has 2 aliphatic heterocycles. The normalized spacial score (nSPS) is 38.1. The van der Waals surface area contributed by atoms with Crippen molar-refractivity contribution in [3.05, 3.63) is 34.9 Å². The average Bonchev–Trinajstić information content (AvgIpc) is 3.06. The van der Waals surface area contributed by atoms with E-state index in [-0.39, 0.29) is 21.1 Å². The van der Waals surface area contributed by atoms with Crippen molar-refractivity contribution in [1.29, 1.82) is 0 Å². The van der Waals surface area contributed by atoms with Crippen molar-refractivity contribution in [2.45, 2.75) is 37.1 Å². The van der Waals surface area contributed by atoms with Crippen LogP contribution in [0.3, 0.4) is 0 Å². The molecule has 1 aromatic carbocycles. The fourth-order valence-corrected chi connectivity index (χ4v) is 6.87. The lowest BCUT2D eigenvalue weighted by atomic mass is 10.1. The molecule has 4 rings (SSSR count). The number of nitrogens with zero attached hydrogens (tertiary/aromatic N) is 1. The molecule has 0 saturated carbocycles. The molecule has 6 heteroatoms. The molecule has 112 valence electrons. The fourth-order valence-electron chi connectivity index (χ4n) is 4.26. The molecule has 2 heterocycles. The van der Waals surface area contributed by atoms with Crippen molar-refractivity contribution in [1.82, 2.24) is 0 Å². The maximum Gasteiger partial charge on any atom is 0.337 e. The minimum Gasteiger partial charge on any atom is -0.465 e. The summed E-state index contributed by atoms with van der Waals surface area (Å²) in [6, 6.07) is 5.98. The van der Waals surface area contributed by atoms with Crippen molar-refractivity contribution in [2.24, 2.45) is 0 Å². The molecule has 0 spiro atoms. The quantitative estimate of drug-likeness (QED) is 0.462. The van der Waals surface area contributed by atoms with Gasteiger partial charge in [-0.05, 0) is 30.2 Å². The van der Waals surface area contributed by atoms with Crippen molar-refractivity contribution in [3.8, 4) is 0 Å². The van der Waals surface area contributed by atoms with Gasteiger partial charge in [-0.15, -0.1) is 0 Å². The Hall–Kier alpha value is -1.40. The summed E-state index contributed by atoms with van der Waals surface area (Å²) in [7, 11) is -1.65. The smallest absolute Gasteiger partial charge is 0.337 e. The highest BCUT2D eigenvalue weighted by atomic mass is 32.2. The van der Waals surface area contributed by atoms with Gasteiger partial charge in [0.15, 0.2) is 11.3 Å². The maximum absolute atomic E-state index is 12.4. The lowest BCUT2D eigenvalue weighted by Gasteiger charge is -2.36. The molecular formula is C15H18NO4S+. The first-order valence-electron chi connectivity index (χ1n) is 7.23. The zero-order valence-corrected chi connectivity index (χ0v) is 12.9. The molecule has 0 bridgehead atoms. The first-order valence-corrected chi connectivity index (χ1v) is 8.73. The van der Waals surface area contributed by atoms with E-state index in [9.17, 15) is 13.2 Å². The van der Waals surface area contributed by atoms with Crippen LogP contribution >= 0.6 is 0 Å². The minimum absolute atomic E-state index is 0.124. The van der Waals surface area contributed by atoms with Gasteiger partial charge in [0.25, 0.3) is 0 Å². The molecular weight excluding hydrogens is 290 g/mol. The number of benzene rings is 1. The first kappa shape index (κ1) is 13.3. The van der Waals surface area contributed by atoms with Gasteiger partial charge in [-0.2, -0.15) is 8.42 Å². The van der Waals surface area contributed by atoms with Crippen LogP contribution in [0, 0.1) is 0 Å². The minimum atomic E-state index is -3.01. The highest BCUT2D eigenvalue weighted by molar-refractivity contribution is 7.88. The Morgan fingerprint density at radius 1 is 1.29 bits per heavy atom. The second-order valence-electron chi connectivity index (χ2n) is 6.36. The monoisotopic (exact) mass is 308 g/mol. The van der Waals surface area contributed by atoms with Crippen LogP contribution in [0.15, 0.2) is 18.2 Å². The topological polar surface area (TPSA) is 60.4 Å². The number of hydrogen-bond acceptors (Lipinski definition) is 4. The first-order chi connectivity index (χ1) is 9.91. The lowest BCUT2D eigenvalue weighted by molar-refractivity contribution is -0.727. The van der Waals surface area contributed by atoms with Gasteiger partial charge in [-0.3, -0.25) is 0 Å². The number of methoxy groups -OCH3 is 1. The summed E-state index contributed by atoms with van der Waals surface area (Å²) in [5.74, 6) is -0.344. The van der Waals surface area contributed by atoms with E-state index in [4.69, 9.17) is 4.74 Å². The zero-order valence-electron chi connectivity index (χ0n) is 12.1. The van der Waals surface area contributed by atoms with Gasteiger partial charge in [0.2, 0.25) is 0 Å². The van der Waals surface area contributed by atoms with Gasteiger partial charge >= 0.3 is 16.0 Å². The third-order valence-electron chi connectivity index (χ3n) is 5.54. The fraction of sp³-hybridized carbons (Fsp3) is 0.533. The number of hydrogen-bond donors (Lipinski definition) is 0. The number of ether oxygens (including phenoxy) is 1. The molecule has 2 saturated heterocycles. The van der Waals surface area contributed by atoms with Crippen LogP contribution in [0.2, 0.25) is 0 Å². The van der Waals surface area contributed by atoms with E-state index in [2.05, 4.69) is 0 Å². The molecule has 5 nitrogen and oxygen atoms in total. The number of carbonyl (C=O) groups is 1. The summed E-state index contributed by atoms with van der Waals surface area (Å²) < 4.78 is 29.8. The second kappa shape index (κ2) is 3.87. The van der Waals surface area contributed by atoms with Gasteiger partial charge in [-0.25, -0.2) is 8.68 Å². The lowest BCUT2D eigenvalue weighted by Crippen LogP contribution is -2.60. The molecule has 2 fully saturated rings. The highest BCUT2D eigenvalue weighted by Crippen LogP contribution is 2.56. The van der Waals surface area contributed by atoms with Crippen LogP contribution in [0.4, 0.5) is 0 Å². The van der Waals surface area contributed by atoms with Gasteiger partial charge in [-0.1, -0.05) is 6.07 Å². The molecule has 4 unspecified atom stereocenters. The van der Waals surface area contributed by atoms with Crippen LogP contribution < -0.4 is 0 Å². The molecule has 1 aromatic rings. The van der Waals surface area contributed by atoms with E-state index in [0.717, 1.165) is 24.9 Å². The third kappa shape index (κ3) is 1.44. The zero-order chi connectivity index (χ0) is 15.0. The van der Waals surface area contributed by atoms with E-state index < -0.39 is 10.0 Å². The van der Waals surface area contributed by atoms with Crippen molar-refractivity contribution < 1.29 is 21.8 Å². The Morgan fingerprint density at radius 2 is 2.00 bits per heavy atom. The molecule has 1 aliphatic carbocycles. The van der Waals surface area contributed by atoms with Crippen LogP contribution in [-0.4, -0.2) is 49.3 Å². The third-order valence-corrected chi connectivity index (χ3v) is 8.46. The van der Waals surface area contributed by atoms with E-state index >= 15 is 0 Å².